The maximum Gasteiger partial charge on any atom is 0.317 e. The predicted molar refractivity (Wildman–Crippen MR) is 69.7 cm³/mol. The van der Waals surface area contributed by atoms with Crippen LogP contribution in [0.4, 0.5) is 5.13 Å². The minimum atomic E-state index is -0.952. The van der Waals surface area contributed by atoms with Crippen LogP contribution in [0, 0.1) is 0 Å². The summed E-state index contributed by atoms with van der Waals surface area (Å²) >= 11 is 1.32. The number of aliphatic carboxylic acids is 1. The van der Waals surface area contributed by atoms with Gasteiger partial charge in [0.1, 0.15) is 0 Å². The monoisotopic (exact) mass is 271 g/mol. The molecule has 0 atom stereocenters. The van der Waals surface area contributed by atoms with E-state index in [1.807, 2.05) is 20.8 Å². The van der Waals surface area contributed by atoms with Gasteiger partial charge in [0.05, 0.1) is 13.1 Å². The summed E-state index contributed by atoms with van der Waals surface area (Å²) in [4.78, 5) is 28.1. The average molecular weight is 271 g/mol. The molecule has 1 aromatic rings. The number of nitrogens with zero attached hydrogens (tertiary/aromatic N) is 2. The Hall–Kier alpha value is -1.47. The van der Waals surface area contributed by atoms with Gasteiger partial charge in [-0.15, -0.1) is 11.3 Å². The second kappa shape index (κ2) is 5.92. The Labute approximate surface area is 110 Å². The van der Waals surface area contributed by atoms with Crippen molar-refractivity contribution in [2.75, 3.05) is 18.4 Å². The molecule has 0 fully saturated rings. The predicted octanol–water partition coefficient (Wildman–Crippen LogP) is 1.27. The summed E-state index contributed by atoms with van der Waals surface area (Å²) in [5, 5.41) is 13.7. The molecular formula is C11H17N3O3S. The molecule has 0 aromatic carbocycles. The molecule has 1 aromatic heterocycles. The van der Waals surface area contributed by atoms with E-state index >= 15 is 0 Å². The zero-order valence-electron chi connectivity index (χ0n) is 10.6. The molecule has 0 bridgehead atoms. The summed E-state index contributed by atoms with van der Waals surface area (Å²) in [5.41, 5.74) is -0.390. The topological polar surface area (TPSA) is 82.5 Å². The van der Waals surface area contributed by atoms with Crippen LogP contribution in [0.25, 0.3) is 0 Å². The highest BCUT2D eigenvalue weighted by atomic mass is 32.1. The molecule has 1 rings (SSSR count). The number of hydrogen-bond acceptors (Lipinski definition) is 5. The summed E-state index contributed by atoms with van der Waals surface area (Å²) < 4.78 is 0. The van der Waals surface area contributed by atoms with Crippen LogP contribution in [0.5, 0.6) is 0 Å². The van der Waals surface area contributed by atoms with E-state index in [-0.39, 0.29) is 19.0 Å². The van der Waals surface area contributed by atoms with Crippen LogP contribution in [-0.2, 0) is 9.59 Å². The van der Waals surface area contributed by atoms with Crippen molar-refractivity contribution in [1.29, 1.82) is 0 Å². The molecule has 0 saturated carbocycles. The lowest BCUT2D eigenvalue weighted by molar-refractivity contribution is -0.140. The van der Waals surface area contributed by atoms with Crippen LogP contribution >= 0.6 is 11.3 Å². The van der Waals surface area contributed by atoms with E-state index in [4.69, 9.17) is 5.11 Å². The van der Waals surface area contributed by atoms with Crippen LogP contribution < -0.4 is 5.32 Å². The highest BCUT2D eigenvalue weighted by Crippen LogP contribution is 2.14. The molecule has 0 aliphatic rings. The number of rotatable bonds is 5. The summed E-state index contributed by atoms with van der Waals surface area (Å²) in [7, 11) is 0. The van der Waals surface area contributed by atoms with Crippen LogP contribution in [0.15, 0.2) is 11.6 Å². The third-order valence-electron chi connectivity index (χ3n) is 2.29. The minimum Gasteiger partial charge on any atom is -0.480 e. The standard InChI is InChI=1S/C11H17N3O3S/c1-11(2,3)14(7-9(16)17)6-8(15)13-10-12-4-5-18-10/h4-5H,6-7H2,1-3H3,(H,16,17)(H,12,13,15). The lowest BCUT2D eigenvalue weighted by Gasteiger charge is -2.33. The number of carbonyl (C=O) groups is 2. The van der Waals surface area contributed by atoms with E-state index < -0.39 is 11.5 Å². The van der Waals surface area contributed by atoms with E-state index in [9.17, 15) is 9.59 Å². The van der Waals surface area contributed by atoms with Gasteiger partial charge >= 0.3 is 5.97 Å². The van der Waals surface area contributed by atoms with Crippen LogP contribution in [0.2, 0.25) is 0 Å². The molecule has 2 N–H and O–H groups in total. The molecule has 1 heterocycles. The van der Waals surface area contributed by atoms with Gasteiger partial charge in [-0.2, -0.15) is 0 Å². The Balaban J connectivity index is 2.60. The molecule has 0 spiro atoms. The molecule has 0 aliphatic carbocycles. The maximum atomic E-state index is 11.8. The van der Waals surface area contributed by atoms with E-state index in [1.54, 1.807) is 16.5 Å². The fraction of sp³-hybridized carbons (Fsp3) is 0.545. The normalized spacial score (nSPS) is 11.6. The van der Waals surface area contributed by atoms with Gasteiger partial charge < -0.3 is 10.4 Å². The number of thiazole rings is 1. The van der Waals surface area contributed by atoms with Gasteiger partial charge in [-0.3, -0.25) is 14.5 Å². The van der Waals surface area contributed by atoms with Gasteiger partial charge in [-0.25, -0.2) is 4.98 Å². The average Bonchev–Trinajstić information content (AvgIpc) is 2.67. The van der Waals surface area contributed by atoms with Crippen molar-refractivity contribution in [2.45, 2.75) is 26.3 Å². The Morgan fingerprint density at radius 1 is 1.44 bits per heavy atom. The van der Waals surface area contributed by atoms with Crippen molar-refractivity contribution in [1.82, 2.24) is 9.88 Å². The van der Waals surface area contributed by atoms with E-state index in [0.717, 1.165) is 0 Å². The number of aromatic nitrogens is 1. The second-order valence-electron chi connectivity index (χ2n) is 4.81. The van der Waals surface area contributed by atoms with E-state index in [0.29, 0.717) is 5.13 Å². The summed E-state index contributed by atoms with van der Waals surface area (Å²) in [6.07, 6.45) is 1.60. The van der Waals surface area contributed by atoms with Gasteiger partial charge in [-0.05, 0) is 20.8 Å². The first-order valence-corrected chi connectivity index (χ1v) is 6.33. The molecule has 0 saturated heterocycles. The maximum absolute atomic E-state index is 11.8. The third-order valence-corrected chi connectivity index (χ3v) is 2.98. The quantitative estimate of drug-likeness (QED) is 0.842. The summed E-state index contributed by atoms with van der Waals surface area (Å²) in [6.45, 7) is 5.45. The first-order chi connectivity index (χ1) is 8.29. The molecule has 0 unspecified atom stereocenters. The van der Waals surface area contributed by atoms with Crippen molar-refractivity contribution in [3.05, 3.63) is 11.6 Å². The first-order valence-electron chi connectivity index (χ1n) is 5.45. The first kappa shape index (κ1) is 14.6. The lowest BCUT2D eigenvalue weighted by atomic mass is 10.1. The largest absolute Gasteiger partial charge is 0.480 e. The van der Waals surface area contributed by atoms with Crippen molar-refractivity contribution in [3.8, 4) is 0 Å². The zero-order valence-corrected chi connectivity index (χ0v) is 11.5. The fourth-order valence-corrected chi connectivity index (χ4v) is 1.86. The number of anilines is 1. The molecule has 0 radical (unpaired) electrons. The number of carbonyl (C=O) groups excluding carboxylic acids is 1. The Kier molecular flexibility index (Phi) is 4.80. The molecule has 18 heavy (non-hydrogen) atoms. The molecular weight excluding hydrogens is 254 g/mol. The second-order valence-corrected chi connectivity index (χ2v) is 5.70. The SMILES string of the molecule is CC(C)(C)N(CC(=O)O)CC(=O)Nc1nccs1. The lowest BCUT2D eigenvalue weighted by Crippen LogP contribution is -2.48. The molecule has 100 valence electrons. The Morgan fingerprint density at radius 2 is 2.11 bits per heavy atom. The zero-order chi connectivity index (χ0) is 13.8. The Bertz CT molecular complexity index is 412. The molecule has 7 heteroatoms. The van der Waals surface area contributed by atoms with E-state index in [2.05, 4.69) is 10.3 Å². The molecule has 6 nitrogen and oxygen atoms in total. The van der Waals surface area contributed by atoms with Crippen molar-refractivity contribution >= 4 is 28.3 Å². The number of amides is 1. The third kappa shape index (κ3) is 4.80. The number of hydrogen-bond donors (Lipinski definition) is 2. The smallest absolute Gasteiger partial charge is 0.317 e. The van der Waals surface area contributed by atoms with Gasteiger partial charge in [0, 0.05) is 17.1 Å². The van der Waals surface area contributed by atoms with Crippen molar-refractivity contribution < 1.29 is 14.7 Å². The van der Waals surface area contributed by atoms with Gasteiger partial charge in [0.15, 0.2) is 5.13 Å². The minimum absolute atomic E-state index is 0.0232. The van der Waals surface area contributed by atoms with Crippen LogP contribution in [-0.4, -0.2) is 45.5 Å². The van der Waals surface area contributed by atoms with Crippen molar-refractivity contribution in [2.24, 2.45) is 0 Å². The highest BCUT2D eigenvalue weighted by molar-refractivity contribution is 7.13. The van der Waals surface area contributed by atoms with Gasteiger partial charge in [-0.1, -0.05) is 0 Å². The Morgan fingerprint density at radius 3 is 2.56 bits per heavy atom. The van der Waals surface area contributed by atoms with Gasteiger partial charge in [0.2, 0.25) is 5.91 Å². The van der Waals surface area contributed by atoms with Crippen LogP contribution in [0.1, 0.15) is 20.8 Å². The fourth-order valence-electron chi connectivity index (χ4n) is 1.31. The summed E-state index contributed by atoms with van der Waals surface area (Å²) in [5.74, 6) is -1.21. The highest BCUT2D eigenvalue weighted by Gasteiger charge is 2.25. The molecule has 0 aliphatic heterocycles. The molecule has 1 amide bonds. The van der Waals surface area contributed by atoms with Crippen LogP contribution in [0.3, 0.4) is 0 Å². The number of nitrogens with one attached hydrogen (secondary N) is 1. The van der Waals surface area contributed by atoms with Crippen molar-refractivity contribution in [3.63, 3.8) is 0 Å². The number of carboxylic acids is 1. The summed E-state index contributed by atoms with van der Waals surface area (Å²) in [6, 6.07) is 0. The van der Waals surface area contributed by atoms with Gasteiger partial charge in [0.25, 0.3) is 0 Å². The van der Waals surface area contributed by atoms with E-state index in [1.165, 1.54) is 11.3 Å². The number of carboxylic acid groups (broad SMARTS) is 1.